The summed E-state index contributed by atoms with van der Waals surface area (Å²) in [5.74, 6) is 1.71. The van der Waals surface area contributed by atoms with Crippen LogP contribution in [-0.2, 0) is 7.05 Å². The molecule has 1 amide bonds. The molecule has 1 N–H and O–H groups in total. The molecule has 1 aliphatic rings. The number of methoxy groups -OCH3 is 2. The average molecular weight is 436 g/mol. The van der Waals surface area contributed by atoms with Gasteiger partial charge < -0.3 is 19.7 Å². The van der Waals surface area contributed by atoms with Crippen molar-refractivity contribution in [2.75, 3.05) is 38.8 Å². The third-order valence-corrected chi connectivity index (χ3v) is 5.97. The lowest BCUT2D eigenvalue weighted by atomic mass is 9.96. The maximum Gasteiger partial charge on any atom is 0.269 e. The molecule has 0 atom stereocenters. The van der Waals surface area contributed by atoms with E-state index in [1.165, 1.54) is 0 Å². The number of aromatic nitrogens is 3. The first-order valence-corrected chi connectivity index (χ1v) is 10.8. The molecule has 1 aromatic carbocycles. The molecule has 3 aromatic rings. The smallest absolute Gasteiger partial charge is 0.269 e. The lowest BCUT2D eigenvalue weighted by Crippen LogP contribution is -2.39. The summed E-state index contributed by atoms with van der Waals surface area (Å²) < 4.78 is 12.4. The minimum atomic E-state index is -0.122. The Hall–Kier alpha value is -3.55. The quantitative estimate of drug-likeness (QED) is 0.614. The largest absolute Gasteiger partial charge is 0.497 e. The minimum absolute atomic E-state index is 0.122. The van der Waals surface area contributed by atoms with Gasteiger partial charge in [-0.25, -0.2) is 0 Å². The van der Waals surface area contributed by atoms with E-state index >= 15 is 0 Å². The minimum Gasteiger partial charge on any atom is -0.497 e. The summed E-state index contributed by atoms with van der Waals surface area (Å²) in [6.07, 6.45) is 5.76. The van der Waals surface area contributed by atoms with Crippen LogP contribution in [0.25, 0.3) is 11.3 Å². The molecule has 4 rings (SSSR count). The van der Waals surface area contributed by atoms with Gasteiger partial charge in [-0.1, -0.05) is 0 Å². The Labute approximate surface area is 188 Å². The molecule has 0 unspecified atom stereocenters. The maximum absolute atomic E-state index is 12.9. The first kappa shape index (κ1) is 21.7. The number of hydrogen-bond acceptors (Lipinski definition) is 6. The standard InChI is InChI=1S/C24H29N5O3/c1-28-22(14-21(27-28)20-13-19(31-2)6-7-23(20)32-3)24(30)26-15-17-8-11-29(12-9-17)18-5-4-10-25-16-18/h4-7,10,13-14,16-17H,8-9,11-12,15H2,1-3H3,(H,26,30). The summed E-state index contributed by atoms with van der Waals surface area (Å²) >= 11 is 0. The number of piperidine rings is 1. The highest BCUT2D eigenvalue weighted by Gasteiger charge is 2.22. The number of ether oxygens (including phenoxy) is 2. The van der Waals surface area contributed by atoms with Gasteiger partial charge in [0.05, 0.1) is 31.8 Å². The molecule has 1 aliphatic heterocycles. The topological polar surface area (TPSA) is 81.5 Å². The van der Waals surface area contributed by atoms with E-state index in [4.69, 9.17) is 9.47 Å². The molecule has 3 heterocycles. The fourth-order valence-corrected chi connectivity index (χ4v) is 4.09. The Morgan fingerprint density at radius 2 is 1.97 bits per heavy atom. The Balaban J connectivity index is 1.37. The van der Waals surface area contributed by atoms with Crippen molar-refractivity contribution in [3.8, 4) is 22.8 Å². The summed E-state index contributed by atoms with van der Waals surface area (Å²) in [5, 5.41) is 7.63. The number of carbonyl (C=O) groups is 1. The average Bonchev–Trinajstić information content (AvgIpc) is 3.24. The number of aryl methyl sites for hydroxylation is 1. The van der Waals surface area contributed by atoms with E-state index < -0.39 is 0 Å². The van der Waals surface area contributed by atoms with Crippen LogP contribution in [0.4, 0.5) is 5.69 Å². The molecule has 0 bridgehead atoms. The Kier molecular flexibility index (Phi) is 6.58. The number of anilines is 1. The van der Waals surface area contributed by atoms with Crippen LogP contribution >= 0.6 is 0 Å². The van der Waals surface area contributed by atoms with Crippen molar-refractivity contribution < 1.29 is 14.3 Å². The van der Waals surface area contributed by atoms with Gasteiger partial charge in [-0.2, -0.15) is 5.10 Å². The van der Waals surface area contributed by atoms with Crippen LogP contribution in [0.5, 0.6) is 11.5 Å². The first-order chi connectivity index (χ1) is 15.6. The van der Waals surface area contributed by atoms with Crippen molar-refractivity contribution in [2.24, 2.45) is 13.0 Å². The zero-order valence-corrected chi connectivity index (χ0v) is 18.7. The van der Waals surface area contributed by atoms with Gasteiger partial charge in [0.2, 0.25) is 0 Å². The predicted octanol–water partition coefficient (Wildman–Crippen LogP) is 3.15. The second kappa shape index (κ2) is 9.72. The van der Waals surface area contributed by atoms with Gasteiger partial charge in [-0.15, -0.1) is 0 Å². The van der Waals surface area contributed by atoms with Gasteiger partial charge in [-0.05, 0) is 55.2 Å². The zero-order chi connectivity index (χ0) is 22.5. The second-order valence-electron chi connectivity index (χ2n) is 7.96. The van der Waals surface area contributed by atoms with Gasteiger partial charge in [0.25, 0.3) is 5.91 Å². The van der Waals surface area contributed by atoms with E-state index in [0.717, 1.165) is 37.2 Å². The van der Waals surface area contributed by atoms with E-state index in [1.54, 1.807) is 38.2 Å². The lowest BCUT2D eigenvalue weighted by molar-refractivity contribution is 0.0935. The Morgan fingerprint density at radius 3 is 2.66 bits per heavy atom. The van der Waals surface area contributed by atoms with Gasteiger partial charge in [0, 0.05) is 38.4 Å². The molecule has 0 spiro atoms. The van der Waals surface area contributed by atoms with E-state index in [-0.39, 0.29) is 5.91 Å². The molecule has 168 valence electrons. The molecule has 0 saturated carbocycles. The van der Waals surface area contributed by atoms with Crippen molar-refractivity contribution in [2.45, 2.75) is 12.8 Å². The third-order valence-electron chi connectivity index (χ3n) is 5.97. The van der Waals surface area contributed by atoms with Crippen molar-refractivity contribution in [3.63, 3.8) is 0 Å². The van der Waals surface area contributed by atoms with Gasteiger partial charge >= 0.3 is 0 Å². The second-order valence-corrected chi connectivity index (χ2v) is 7.96. The van der Waals surface area contributed by atoms with Crippen LogP contribution in [0.3, 0.4) is 0 Å². The lowest BCUT2D eigenvalue weighted by Gasteiger charge is -2.33. The monoisotopic (exact) mass is 435 g/mol. The summed E-state index contributed by atoms with van der Waals surface area (Å²) in [6.45, 7) is 2.60. The molecule has 0 aliphatic carbocycles. The van der Waals surface area contributed by atoms with Crippen LogP contribution in [-0.4, -0.2) is 54.5 Å². The molecular formula is C24H29N5O3. The summed E-state index contributed by atoms with van der Waals surface area (Å²) in [7, 11) is 5.00. The summed E-state index contributed by atoms with van der Waals surface area (Å²) in [4.78, 5) is 19.4. The molecule has 1 saturated heterocycles. The summed E-state index contributed by atoms with van der Waals surface area (Å²) in [5.41, 5.74) is 3.12. The highest BCUT2D eigenvalue weighted by molar-refractivity contribution is 5.94. The maximum atomic E-state index is 12.9. The SMILES string of the molecule is COc1ccc(OC)c(-c2cc(C(=O)NCC3CCN(c4cccnc4)CC3)n(C)n2)c1. The van der Waals surface area contributed by atoms with E-state index in [9.17, 15) is 4.79 Å². The number of carbonyl (C=O) groups excluding carboxylic acids is 1. The highest BCUT2D eigenvalue weighted by atomic mass is 16.5. The number of hydrogen-bond donors (Lipinski definition) is 1. The molecule has 1 fully saturated rings. The van der Waals surface area contributed by atoms with E-state index in [0.29, 0.717) is 35.3 Å². The van der Waals surface area contributed by atoms with Crippen LogP contribution in [0.15, 0.2) is 48.8 Å². The van der Waals surface area contributed by atoms with Crippen LogP contribution in [0, 0.1) is 5.92 Å². The molecule has 32 heavy (non-hydrogen) atoms. The van der Waals surface area contributed by atoms with Gasteiger partial charge in [-0.3, -0.25) is 14.5 Å². The van der Waals surface area contributed by atoms with E-state index in [2.05, 4.69) is 26.4 Å². The highest BCUT2D eigenvalue weighted by Crippen LogP contribution is 2.33. The van der Waals surface area contributed by atoms with Crippen molar-refractivity contribution in [1.82, 2.24) is 20.1 Å². The fraction of sp³-hybridized carbons (Fsp3) is 0.375. The molecule has 8 heteroatoms. The predicted molar refractivity (Wildman–Crippen MR) is 123 cm³/mol. The zero-order valence-electron chi connectivity index (χ0n) is 18.7. The number of amides is 1. The van der Waals surface area contributed by atoms with Crippen LogP contribution in [0.1, 0.15) is 23.3 Å². The normalized spacial score (nSPS) is 14.3. The van der Waals surface area contributed by atoms with Gasteiger partial charge in [0.15, 0.2) is 0 Å². The number of pyridine rings is 1. The fourth-order valence-electron chi connectivity index (χ4n) is 4.09. The van der Waals surface area contributed by atoms with Crippen LogP contribution in [0.2, 0.25) is 0 Å². The number of benzene rings is 1. The Morgan fingerprint density at radius 1 is 1.16 bits per heavy atom. The third kappa shape index (κ3) is 4.69. The number of nitrogens with zero attached hydrogens (tertiary/aromatic N) is 4. The molecular weight excluding hydrogens is 406 g/mol. The first-order valence-electron chi connectivity index (χ1n) is 10.8. The number of rotatable bonds is 7. The van der Waals surface area contributed by atoms with Crippen molar-refractivity contribution in [1.29, 1.82) is 0 Å². The van der Waals surface area contributed by atoms with Crippen molar-refractivity contribution in [3.05, 3.63) is 54.5 Å². The van der Waals surface area contributed by atoms with Crippen LogP contribution < -0.4 is 19.7 Å². The summed E-state index contributed by atoms with van der Waals surface area (Å²) in [6, 6.07) is 11.4. The molecule has 0 radical (unpaired) electrons. The molecule has 8 nitrogen and oxygen atoms in total. The number of nitrogens with one attached hydrogen (secondary N) is 1. The van der Waals surface area contributed by atoms with Gasteiger partial charge in [0.1, 0.15) is 17.2 Å². The Bertz CT molecular complexity index is 1060. The molecule has 2 aromatic heterocycles. The van der Waals surface area contributed by atoms with E-state index in [1.807, 2.05) is 30.5 Å². The van der Waals surface area contributed by atoms with Crippen molar-refractivity contribution >= 4 is 11.6 Å².